The molecule has 1 heterocycles. The maximum Gasteiger partial charge on any atom is 0.119 e. The summed E-state index contributed by atoms with van der Waals surface area (Å²) in [7, 11) is 1.65. The zero-order valence-corrected chi connectivity index (χ0v) is 14.8. The number of hydrogen-bond acceptors (Lipinski definition) is 4. The molecule has 0 fully saturated rings. The van der Waals surface area contributed by atoms with Gasteiger partial charge < -0.3 is 15.2 Å². The molecule has 24 heavy (non-hydrogen) atoms. The summed E-state index contributed by atoms with van der Waals surface area (Å²) in [5.74, 6) is 1.05. The number of nitrogens with one attached hydrogen (secondary N) is 1. The summed E-state index contributed by atoms with van der Waals surface area (Å²) in [6.07, 6.45) is 0. The van der Waals surface area contributed by atoms with Crippen LogP contribution >= 0.6 is 11.6 Å². The summed E-state index contributed by atoms with van der Waals surface area (Å²) in [4.78, 5) is 4.71. The summed E-state index contributed by atoms with van der Waals surface area (Å²) < 4.78 is 5.36. The van der Waals surface area contributed by atoms with Gasteiger partial charge in [-0.1, -0.05) is 25.4 Å². The maximum absolute atomic E-state index is 9.72. The van der Waals surface area contributed by atoms with Crippen molar-refractivity contribution < 1.29 is 9.84 Å². The van der Waals surface area contributed by atoms with Crippen molar-refractivity contribution in [1.29, 1.82) is 0 Å². The molecule has 1 atom stereocenters. The van der Waals surface area contributed by atoms with E-state index < -0.39 is 0 Å². The molecule has 1 unspecified atom stereocenters. The third-order valence-corrected chi connectivity index (χ3v) is 4.51. The van der Waals surface area contributed by atoms with Gasteiger partial charge in [-0.3, -0.25) is 0 Å². The topological polar surface area (TPSA) is 54.4 Å². The Hall–Kier alpha value is -2.04. The first-order chi connectivity index (χ1) is 11.5. The van der Waals surface area contributed by atoms with Crippen LogP contribution in [0.3, 0.4) is 0 Å². The number of pyridine rings is 1. The molecule has 3 aromatic rings. The average molecular weight is 345 g/mol. The summed E-state index contributed by atoms with van der Waals surface area (Å²) in [6.45, 7) is 4.22. The highest BCUT2D eigenvalue weighted by Crippen LogP contribution is 2.35. The van der Waals surface area contributed by atoms with Gasteiger partial charge in [0.25, 0.3) is 0 Å². The number of halogens is 1. The van der Waals surface area contributed by atoms with Gasteiger partial charge in [-0.2, -0.15) is 0 Å². The van der Waals surface area contributed by atoms with E-state index in [-0.39, 0.29) is 18.6 Å². The molecule has 0 saturated carbocycles. The molecule has 0 amide bonds. The van der Waals surface area contributed by atoms with E-state index in [1.165, 1.54) is 0 Å². The third kappa shape index (κ3) is 3.12. The number of anilines is 1. The van der Waals surface area contributed by atoms with Gasteiger partial charge in [0.05, 0.1) is 36.5 Å². The van der Waals surface area contributed by atoms with Crippen molar-refractivity contribution in [1.82, 2.24) is 4.98 Å². The number of methoxy groups -OCH3 is 1. The Kier molecular flexibility index (Phi) is 4.78. The Bertz CT molecular complexity index is 880. The van der Waals surface area contributed by atoms with Crippen molar-refractivity contribution in [3.05, 3.63) is 41.4 Å². The number of fused-ring (bicyclic) bond motifs is 2. The molecule has 126 valence electrons. The van der Waals surface area contributed by atoms with Crippen LogP contribution in [0.4, 0.5) is 5.69 Å². The highest BCUT2D eigenvalue weighted by molar-refractivity contribution is 6.31. The van der Waals surface area contributed by atoms with Gasteiger partial charge in [0.1, 0.15) is 5.75 Å². The molecule has 2 aromatic carbocycles. The van der Waals surface area contributed by atoms with Gasteiger partial charge in [-0.15, -0.1) is 0 Å². The average Bonchev–Trinajstić information content (AvgIpc) is 2.57. The van der Waals surface area contributed by atoms with E-state index >= 15 is 0 Å². The molecule has 5 heteroatoms. The molecule has 4 nitrogen and oxygen atoms in total. The van der Waals surface area contributed by atoms with Crippen LogP contribution in [0.1, 0.15) is 13.8 Å². The molecule has 1 aromatic heterocycles. The SMILES string of the molecule is COc1ccc2nc3cc(Cl)ccc3c(NC(CO)C(C)C)c2c1. The Morgan fingerprint density at radius 1 is 1.12 bits per heavy atom. The minimum Gasteiger partial charge on any atom is -0.497 e. The van der Waals surface area contributed by atoms with E-state index in [2.05, 4.69) is 19.2 Å². The standard InChI is InChI=1S/C19H21ClN2O2/c1-11(2)18(10-23)22-19-14-6-4-12(20)8-17(14)21-16-7-5-13(24-3)9-15(16)19/h4-9,11,18,23H,10H2,1-3H3,(H,21,22). The van der Waals surface area contributed by atoms with Crippen molar-refractivity contribution in [3.8, 4) is 5.75 Å². The Morgan fingerprint density at radius 2 is 1.92 bits per heavy atom. The number of ether oxygens (including phenoxy) is 1. The van der Waals surface area contributed by atoms with E-state index in [4.69, 9.17) is 21.3 Å². The molecular weight excluding hydrogens is 324 g/mol. The first-order valence-electron chi connectivity index (χ1n) is 7.98. The molecule has 0 saturated heterocycles. The van der Waals surface area contributed by atoms with Crippen LogP contribution in [0.2, 0.25) is 5.02 Å². The molecule has 0 radical (unpaired) electrons. The second kappa shape index (κ2) is 6.83. The fraction of sp³-hybridized carbons (Fsp3) is 0.316. The summed E-state index contributed by atoms with van der Waals surface area (Å²) in [5.41, 5.74) is 2.62. The highest BCUT2D eigenvalue weighted by atomic mass is 35.5. The molecule has 0 aliphatic rings. The third-order valence-electron chi connectivity index (χ3n) is 4.27. The number of benzene rings is 2. The van der Waals surface area contributed by atoms with Crippen LogP contribution < -0.4 is 10.1 Å². The normalized spacial score (nSPS) is 12.8. The lowest BCUT2D eigenvalue weighted by Gasteiger charge is -2.23. The van der Waals surface area contributed by atoms with E-state index in [0.717, 1.165) is 33.2 Å². The molecule has 2 N–H and O–H groups in total. The lowest BCUT2D eigenvalue weighted by Crippen LogP contribution is -2.29. The zero-order chi connectivity index (χ0) is 17.3. The maximum atomic E-state index is 9.72. The zero-order valence-electron chi connectivity index (χ0n) is 14.0. The second-order valence-electron chi connectivity index (χ2n) is 6.21. The van der Waals surface area contributed by atoms with E-state index in [9.17, 15) is 5.11 Å². The van der Waals surface area contributed by atoms with Crippen LogP contribution in [-0.2, 0) is 0 Å². The smallest absolute Gasteiger partial charge is 0.119 e. The van der Waals surface area contributed by atoms with Crippen molar-refractivity contribution in [2.24, 2.45) is 5.92 Å². The molecular formula is C19H21ClN2O2. The molecule has 0 bridgehead atoms. The quantitative estimate of drug-likeness (QED) is 0.670. The van der Waals surface area contributed by atoms with Crippen LogP contribution in [0.25, 0.3) is 21.8 Å². The van der Waals surface area contributed by atoms with Gasteiger partial charge in [0.15, 0.2) is 0 Å². The predicted molar refractivity (Wildman–Crippen MR) is 100 cm³/mol. The number of aliphatic hydroxyl groups is 1. The van der Waals surface area contributed by atoms with Gasteiger partial charge in [0, 0.05) is 15.8 Å². The fourth-order valence-corrected chi connectivity index (χ4v) is 2.95. The highest BCUT2D eigenvalue weighted by Gasteiger charge is 2.17. The predicted octanol–water partition coefficient (Wildman–Crippen LogP) is 4.48. The molecule has 3 rings (SSSR count). The van der Waals surface area contributed by atoms with Gasteiger partial charge in [-0.05, 0) is 42.3 Å². The van der Waals surface area contributed by atoms with Crippen LogP contribution in [0.15, 0.2) is 36.4 Å². The van der Waals surface area contributed by atoms with Crippen LogP contribution in [0.5, 0.6) is 5.75 Å². The van der Waals surface area contributed by atoms with E-state index in [0.29, 0.717) is 5.02 Å². The lowest BCUT2D eigenvalue weighted by atomic mass is 10.0. The number of hydrogen-bond donors (Lipinski definition) is 2. The second-order valence-corrected chi connectivity index (χ2v) is 6.65. The van der Waals surface area contributed by atoms with Gasteiger partial charge in [-0.25, -0.2) is 4.98 Å². The summed E-state index contributed by atoms with van der Waals surface area (Å²) in [5, 5.41) is 15.8. The first kappa shape index (κ1) is 16.8. The Balaban J connectivity index is 2.29. The Morgan fingerprint density at radius 3 is 2.58 bits per heavy atom. The molecule has 0 spiro atoms. The summed E-state index contributed by atoms with van der Waals surface area (Å²) in [6, 6.07) is 11.4. The minimum atomic E-state index is -0.0549. The van der Waals surface area contributed by atoms with Crippen LogP contribution in [-0.4, -0.2) is 29.8 Å². The monoisotopic (exact) mass is 344 g/mol. The number of aromatic nitrogens is 1. The first-order valence-corrected chi connectivity index (χ1v) is 8.35. The van der Waals surface area contributed by atoms with E-state index in [1.54, 1.807) is 7.11 Å². The fourth-order valence-electron chi connectivity index (χ4n) is 2.79. The Labute approximate surface area is 146 Å². The molecule has 0 aliphatic carbocycles. The van der Waals surface area contributed by atoms with Crippen molar-refractivity contribution >= 4 is 39.1 Å². The van der Waals surface area contributed by atoms with Gasteiger partial charge in [0.2, 0.25) is 0 Å². The lowest BCUT2D eigenvalue weighted by molar-refractivity contribution is 0.249. The largest absolute Gasteiger partial charge is 0.497 e. The molecule has 0 aliphatic heterocycles. The van der Waals surface area contributed by atoms with Crippen LogP contribution in [0, 0.1) is 5.92 Å². The summed E-state index contributed by atoms with van der Waals surface area (Å²) >= 11 is 6.13. The minimum absolute atomic E-state index is 0.0549. The van der Waals surface area contributed by atoms with Crippen molar-refractivity contribution in [2.75, 3.05) is 19.0 Å². The number of aliphatic hydroxyl groups excluding tert-OH is 1. The van der Waals surface area contributed by atoms with Crippen molar-refractivity contribution in [2.45, 2.75) is 19.9 Å². The number of nitrogens with zero attached hydrogens (tertiary/aromatic N) is 1. The van der Waals surface area contributed by atoms with Gasteiger partial charge >= 0.3 is 0 Å². The van der Waals surface area contributed by atoms with Crippen molar-refractivity contribution in [3.63, 3.8) is 0 Å². The van der Waals surface area contributed by atoms with E-state index in [1.807, 2.05) is 36.4 Å². The number of rotatable bonds is 5.